The Balaban J connectivity index is 1.31. The number of carbonyl (C=O) groups is 1. The largest absolute Gasteiger partial charge is 0.484 e. The number of nitrogens with zero attached hydrogens (tertiary/aromatic N) is 3. The molecule has 0 saturated carbocycles. The van der Waals surface area contributed by atoms with Gasteiger partial charge in [-0.1, -0.05) is 29.4 Å². The first-order valence-corrected chi connectivity index (χ1v) is 9.66. The van der Waals surface area contributed by atoms with E-state index in [1.807, 2.05) is 31.2 Å². The summed E-state index contributed by atoms with van der Waals surface area (Å²) in [5.74, 6) is 1.42. The van der Waals surface area contributed by atoms with E-state index >= 15 is 0 Å². The summed E-state index contributed by atoms with van der Waals surface area (Å²) in [6.07, 6.45) is 1.52. The number of hydrogen-bond acceptors (Lipinski definition) is 5. The van der Waals surface area contributed by atoms with Crippen LogP contribution in [0.4, 0.5) is 4.39 Å². The standard InChI is InChI=1S/C22H22FN3O3/c1-15-4-2-3-5-19(15)21-24-22(29-25-21)16-10-12-26(13-11-16)20(27)14-28-18-8-6-17(23)7-9-18/h2-9,16H,10-14H2,1H3. The molecule has 3 aromatic rings. The zero-order valence-electron chi connectivity index (χ0n) is 16.2. The van der Waals surface area contributed by atoms with E-state index in [9.17, 15) is 9.18 Å². The number of likely N-dealkylation sites (tertiary alicyclic amines) is 1. The molecule has 0 unspecified atom stereocenters. The van der Waals surface area contributed by atoms with Crippen LogP contribution in [0.2, 0.25) is 0 Å². The summed E-state index contributed by atoms with van der Waals surface area (Å²) in [7, 11) is 0. The highest BCUT2D eigenvalue weighted by molar-refractivity contribution is 5.77. The van der Waals surface area contributed by atoms with E-state index < -0.39 is 0 Å². The van der Waals surface area contributed by atoms with E-state index in [0.29, 0.717) is 30.6 Å². The topological polar surface area (TPSA) is 68.5 Å². The van der Waals surface area contributed by atoms with Gasteiger partial charge in [0.05, 0.1) is 0 Å². The van der Waals surface area contributed by atoms with Gasteiger partial charge >= 0.3 is 0 Å². The molecule has 0 radical (unpaired) electrons. The average molecular weight is 395 g/mol. The van der Waals surface area contributed by atoms with Gasteiger partial charge in [0.15, 0.2) is 6.61 Å². The molecule has 1 aliphatic heterocycles. The molecule has 0 bridgehead atoms. The molecule has 7 heteroatoms. The van der Waals surface area contributed by atoms with Crippen LogP contribution in [0.15, 0.2) is 53.1 Å². The third-order valence-electron chi connectivity index (χ3n) is 5.20. The second-order valence-corrected chi connectivity index (χ2v) is 7.17. The number of carbonyl (C=O) groups excluding carboxylic acids is 1. The molecule has 0 aliphatic carbocycles. The lowest BCUT2D eigenvalue weighted by atomic mass is 9.96. The second-order valence-electron chi connectivity index (χ2n) is 7.17. The molecule has 0 atom stereocenters. The van der Waals surface area contributed by atoms with Crippen molar-refractivity contribution in [3.8, 4) is 17.1 Å². The molecule has 1 aromatic heterocycles. The highest BCUT2D eigenvalue weighted by Crippen LogP contribution is 2.29. The van der Waals surface area contributed by atoms with Crippen molar-refractivity contribution in [2.45, 2.75) is 25.7 Å². The van der Waals surface area contributed by atoms with Crippen LogP contribution >= 0.6 is 0 Å². The third-order valence-corrected chi connectivity index (χ3v) is 5.20. The van der Waals surface area contributed by atoms with Crippen molar-refractivity contribution in [2.75, 3.05) is 19.7 Å². The Bertz CT molecular complexity index is 979. The summed E-state index contributed by atoms with van der Waals surface area (Å²) >= 11 is 0. The Labute approximate surface area is 168 Å². The van der Waals surface area contributed by atoms with Gasteiger partial charge in [-0.25, -0.2) is 4.39 Å². The fourth-order valence-electron chi connectivity index (χ4n) is 3.48. The van der Waals surface area contributed by atoms with Crippen LogP contribution < -0.4 is 4.74 Å². The Kier molecular flexibility index (Phi) is 5.55. The summed E-state index contributed by atoms with van der Waals surface area (Å²) < 4.78 is 23.9. The number of aryl methyl sites for hydroxylation is 1. The number of rotatable bonds is 5. The zero-order valence-corrected chi connectivity index (χ0v) is 16.2. The van der Waals surface area contributed by atoms with E-state index in [2.05, 4.69) is 10.1 Å². The zero-order chi connectivity index (χ0) is 20.2. The molecular weight excluding hydrogens is 373 g/mol. The van der Waals surface area contributed by atoms with E-state index in [4.69, 9.17) is 9.26 Å². The van der Waals surface area contributed by atoms with Gasteiger partial charge in [-0.3, -0.25) is 4.79 Å². The average Bonchev–Trinajstić information content (AvgIpc) is 3.23. The number of ether oxygens (including phenoxy) is 1. The SMILES string of the molecule is Cc1ccccc1-c1noc(C2CCN(C(=O)COc3ccc(F)cc3)CC2)n1. The molecule has 1 amide bonds. The number of amides is 1. The molecule has 1 aliphatic rings. The maximum absolute atomic E-state index is 12.9. The van der Waals surface area contributed by atoms with Gasteiger partial charge in [0.2, 0.25) is 11.7 Å². The van der Waals surface area contributed by atoms with Crippen LogP contribution in [-0.2, 0) is 4.79 Å². The van der Waals surface area contributed by atoms with Crippen LogP contribution in [0.3, 0.4) is 0 Å². The maximum Gasteiger partial charge on any atom is 0.260 e. The Morgan fingerprint density at radius 1 is 1.17 bits per heavy atom. The van der Waals surface area contributed by atoms with Gasteiger partial charge in [-0.2, -0.15) is 4.98 Å². The van der Waals surface area contributed by atoms with Crippen LogP contribution in [0.1, 0.15) is 30.2 Å². The molecule has 150 valence electrons. The lowest BCUT2D eigenvalue weighted by molar-refractivity contribution is -0.134. The second kappa shape index (κ2) is 8.43. The van der Waals surface area contributed by atoms with Crippen LogP contribution in [0, 0.1) is 12.7 Å². The number of hydrogen-bond donors (Lipinski definition) is 0. The Hall–Kier alpha value is -3.22. The quantitative estimate of drug-likeness (QED) is 0.654. The molecule has 4 rings (SSSR count). The molecule has 6 nitrogen and oxygen atoms in total. The van der Waals surface area contributed by atoms with E-state index in [1.54, 1.807) is 4.90 Å². The van der Waals surface area contributed by atoms with Crippen LogP contribution in [-0.4, -0.2) is 40.6 Å². The van der Waals surface area contributed by atoms with Crippen molar-refractivity contribution >= 4 is 5.91 Å². The minimum atomic E-state index is -0.336. The Morgan fingerprint density at radius 3 is 2.62 bits per heavy atom. The first-order chi connectivity index (χ1) is 14.1. The Morgan fingerprint density at radius 2 is 1.90 bits per heavy atom. The van der Waals surface area contributed by atoms with E-state index in [1.165, 1.54) is 24.3 Å². The number of halogens is 1. The molecule has 2 heterocycles. The molecule has 0 N–H and O–H groups in total. The molecule has 29 heavy (non-hydrogen) atoms. The summed E-state index contributed by atoms with van der Waals surface area (Å²) in [6.45, 7) is 3.18. The summed E-state index contributed by atoms with van der Waals surface area (Å²) in [5.41, 5.74) is 2.06. The number of piperidine rings is 1. The van der Waals surface area contributed by atoms with Gasteiger partial charge in [0.25, 0.3) is 5.91 Å². The predicted octanol–water partition coefficient (Wildman–Crippen LogP) is 3.97. The molecular formula is C22H22FN3O3. The van der Waals surface area contributed by atoms with E-state index in [-0.39, 0.29) is 24.2 Å². The molecule has 1 saturated heterocycles. The molecule has 1 fully saturated rings. The summed E-state index contributed by atoms with van der Waals surface area (Å²) in [4.78, 5) is 18.7. The highest BCUT2D eigenvalue weighted by Gasteiger charge is 2.28. The smallest absolute Gasteiger partial charge is 0.260 e. The first kappa shape index (κ1) is 19.1. The van der Waals surface area contributed by atoms with Gasteiger partial charge < -0.3 is 14.2 Å². The summed E-state index contributed by atoms with van der Waals surface area (Å²) in [6, 6.07) is 13.6. The molecule has 2 aromatic carbocycles. The fourth-order valence-corrected chi connectivity index (χ4v) is 3.48. The normalized spacial score (nSPS) is 14.8. The van der Waals surface area contributed by atoms with Crippen molar-refractivity contribution in [3.63, 3.8) is 0 Å². The minimum Gasteiger partial charge on any atom is -0.484 e. The highest BCUT2D eigenvalue weighted by atomic mass is 19.1. The van der Waals surface area contributed by atoms with Crippen LogP contribution in [0.25, 0.3) is 11.4 Å². The van der Waals surface area contributed by atoms with Gasteiger partial charge in [0.1, 0.15) is 11.6 Å². The number of benzene rings is 2. The third kappa shape index (κ3) is 4.45. The summed E-state index contributed by atoms with van der Waals surface area (Å²) in [5, 5.41) is 4.13. The van der Waals surface area contributed by atoms with Crippen molar-refractivity contribution < 1.29 is 18.4 Å². The monoisotopic (exact) mass is 395 g/mol. The lowest BCUT2D eigenvalue weighted by Crippen LogP contribution is -2.40. The van der Waals surface area contributed by atoms with Crippen molar-refractivity contribution in [1.29, 1.82) is 0 Å². The van der Waals surface area contributed by atoms with Crippen molar-refractivity contribution in [3.05, 3.63) is 65.8 Å². The number of aromatic nitrogens is 2. The van der Waals surface area contributed by atoms with Gasteiger partial charge in [0, 0.05) is 24.6 Å². The predicted molar refractivity (Wildman–Crippen MR) is 105 cm³/mol. The van der Waals surface area contributed by atoms with Crippen molar-refractivity contribution in [1.82, 2.24) is 15.0 Å². The maximum atomic E-state index is 12.9. The van der Waals surface area contributed by atoms with Crippen LogP contribution in [0.5, 0.6) is 5.75 Å². The first-order valence-electron chi connectivity index (χ1n) is 9.66. The fraction of sp³-hybridized carbons (Fsp3) is 0.318. The molecule has 0 spiro atoms. The minimum absolute atomic E-state index is 0.0612. The van der Waals surface area contributed by atoms with Gasteiger partial charge in [-0.05, 0) is 49.6 Å². The lowest BCUT2D eigenvalue weighted by Gasteiger charge is -2.30. The van der Waals surface area contributed by atoms with Gasteiger partial charge in [-0.15, -0.1) is 0 Å². The van der Waals surface area contributed by atoms with E-state index in [0.717, 1.165) is 24.0 Å². The van der Waals surface area contributed by atoms with Crippen molar-refractivity contribution in [2.24, 2.45) is 0 Å².